The highest BCUT2D eigenvalue weighted by molar-refractivity contribution is 5.77. The first-order chi connectivity index (χ1) is 5.70. The van der Waals surface area contributed by atoms with Gasteiger partial charge in [0.05, 0.1) is 0 Å². The molecule has 0 bridgehead atoms. The molecule has 3 heteroatoms. The number of hydrogen-bond acceptors (Lipinski definition) is 2. The Morgan fingerprint density at radius 3 is 2.67 bits per heavy atom. The number of amides is 1. The monoisotopic (exact) mass is 173 g/mol. The summed E-state index contributed by atoms with van der Waals surface area (Å²) in [5.74, 6) is -0.0159. The van der Waals surface area contributed by atoms with Crippen LogP contribution in [-0.2, 0) is 9.53 Å². The maximum atomic E-state index is 11.1. The number of ether oxygens (including phenoxy) is 1. The molecular weight excluding hydrogens is 154 g/mol. The normalized spacial score (nSPS) is 12.6. The van der Waals surface area contributed by atoms with E-state index >= 15 is 0 Å². The van der Waals surface area contributed by atoms with E-state index in [1.807, 2.05) is 13.8 Å². The SMILES string of the molecule is CCCC(C)NC(=O)COCC. The molecule has 1 atom stereocenters. The molecule has 1 N–H and O–H groups in total. The number of carbonyl (C=O) groups is 1. The standard InChI is InChI=1S/C9H19NO2/c1-4-6-8(3)10-9(11)7-12-5-2/h8H,4-7H2,1-3H3,(H,10,11). The molecule has 3 nitrogen and oxygen atoms in total. The maximum Gasteiger partial charge on any atom is 0.246 e. The predicted molar refractivity (Wildman–Crippen MR) is 49.0 cm³/mol. The summed E-state index contributed by atoms with van der Waals surface area (Å²) < 4.78 is 4.96. The average molecular weight is 173 g/mol. The van der Waals surface area contributed by atoms with E-state index in [-0.39, 0.29) is 18.6 Å². The second-order valence-electron chi connectivity index (χ2n) is 2.89. The first-order valence-corrected chi connectivity index (χ1v) is 4.57. The van der Waals surface area contributed by atoms with Crippen LogP contribution in [0.15, 0.2) is 0 Å². The number of hydrogen-bond donors (Lipinski definition) is 1. The highest BCUT2D eigenvalue weighted by Gasteiger charge is 2.04. The van der Waals surface area contributed by atoms with Gasteiger partial charge in [-0.1, -0.05) is 13.3 Å². The molecule has 0 aromatic carbocycles. The lowest BCUT2D eigenvalue weighted by Gasteiger charge is -2.12. The topological polar surface area (TPSA) is 38.3 Å². The second kappa shape index (κ2) is 7.10. The largest absolute Gasteiger partial charge is 0.372 e. The van der Waals surface area contributed by atoms with Gasteiger partial charge in [0.1, 0.15) is 6.61 Å². The molecule has 0 aromatic heterocycles. The lowest BCUT2D eigenvalue weighted by atomic mass is 10.2. The van der Waals surface area contributed by atoms with Crippen molar-refractivity contribution in [2.24, 2.45) is 0 Å². The van der Waals surface area contributed by atoms with E-state index in [0.717, 1.165) is 12.8 Å². The minimum Gasteiger partial charge on any atom is -0.372 e. The number of carbonyl (C=O) groups excluding carboxylic acids is 1. The van der Waals surface area contributed by atoms with Gasteiger partial charge < -0.3 is 10.1 Å². The Morgan fingerprint density at radius 2 is 2.17 bits per heavy atom. The Labute approximate surface area is 74.5 Å². The van der Waals surface area contributed by atoms with Gasteiger partial charge in [0.2, 0.25) is 5.91 Å². The summed E-state index contributed by atoms with van der Waals surface area (Å²) >= 11 is 0. The van der Waals surface area contributed by atoms with Gasteiger partial charge in [0.25, 0.3) is 0 Å². The molecule has 0 heterocycles. The van der Waals surface area contributed by atoms with Crippen LogP contribution in [0.5, 0.6) is 0 Å². The zero-order valence-corrected chi connectivity index (χ0v) is 8.22. The Hall–Kier alpha value is -0.570. The van der Waals surface area contributed by atoms with Gasteiger partial charge in [-0.05, 0) is 20.3 Å². The summed E-state index contributed by atoms with van der Waals surface area (Å²) in [6.07, 6.45) is 2.12. The van der Waals surface area contributed by atoms with Gasteiger partial charge in [-0.3, -0.25) is 4.79 Å². The number of rotatable bonds is 6. The van der Waals surface area contributed by atoms with Crippen LogP contribution in [0.2, 0.25) is 0 Å². The average Bonchev–Trinajstić information content (AvgIpc) is 2.01. The van der Waals surface area contributed by atoms with Crippen molar-refractivity contribution in [3.63, 3.8) is 0 Å². The summed E-state index contributed by atoms with van der Waals surface area (Å²) in [6.45, 7) is 6.77. The van der Waals surface area contributed by atoms with Crippen LogP contribution >= 0.6 is 0 Å². The molecule has 0 saturated carbocycles. The zero-order chi connectivity index (χ0) is 9.40. The van der Waals surface area contributed by atoms with Crippen LogP contribution in [0, 0.1) is 0 Å². The van der Waals surface area contributed by atoms with Crippen molar-refractivity contribution in [1.29, 1.82) is 0 Å². The highest BCUT2D eigenvalue weighted by atomic mass is 16.5. The first kappa shape index (κ1) is 11.4. The van der Waals surface area contributed by atoms with Gasteiger partial charge in [-0.25, -0.2) is 0 Å². The van der Waals surface area contributed by atoms with Crippen molar-refractivity contribution in [2.75, 3.05) is 13.2 Å². The van der Waals surface area contributed by atoms with E-state index in [1.165, 1.54) is 0 Å². The molecule has 0 spiro atoms. The lowest BCUT2D eigenvalue weighted by Crippen LogP contribution is -2.35. The zero-order valence-electron chi connectivity index (χ0n) is 8.22. The third-order valence-corrected chi connectivity index (χ3v) is 1.57. The molecule has 12 heavy (non-hydrogen) atoms. The smallest absolute Gasteiger partial charge is 0.246 e. The molecule has 1 unspecified atom stereocenters. The summed E-state index contributed by atoms with van der Waals surface area (Å²) in [5.41, 5.74) is 0. The van der Waals surface area contributed by atoms with Gasteiger partial charge in [-0.2, -0.15) is 0 Å². The Kier molecular flexibility index (Phi) is 6.76. The van der Waals surface area contributed by atoms with E-state index in [0.29, 0.717) is 6.61 Å². The van der Waals surface area contributed by atoms with E-state index in [4.69, 9.17) is 4.74 Å². The molecule has 0 rings (SSSR count). The Morgan fingerprint density at radius 1 is 1.50 bits per heavy atom. The molecule has 0 fully saturated rings. The van der Waals surface area contributed by atoms with Crippen molar-refractivity contribution >= 4 is 5.91 Å². The predicted octanol–water partition coefficient (Wildman–Crippen LogP) is 1.33. The summed E-state index contributed by atoms with van der Waals surface area (Å²) in [5, 5.41) is 2.85. The lowest BCUT2D eigenvalue weighted by molar-refractivity contribution is -0.126. The molecule has 0 aliphatic carbocycles. The van der Waals surface area contributed by atoms with Crippen molar-refractivity contribution < 1.29 is 9.53 Å². The third-order valence-electron chi connectivity index (χ3n) is 1.57. The van der Waals surface area contributed by atoms with Gasteiger partial charge in [0, 0.05) is 12.6 Å². The fraction of sp³-hybridized carbons (Fsp3) is 0.889. The third kappa shape index (κ3) is 6.16. The molecule has 0 radical (unpaired) electrons. The minimum absolute atomic E-state index is 0.0159. The minimum atomic E-state index is -0.0159. The van der Waals surface area contributed by atoms with Crippen molar-refractivity contribution in [3.8, 4) is 0 Å². The summed E-state index contributed by atoms with van der Waals surface area (Å²) in [4.78, 5) is 11.1. The van der Waals surface area contributed by atoms with E-state index in [2.05, 4.69) is 12.2 Å². The van der Waals surface area contributed by atoms with E-state index in [9.17, 15) is 4.79 Å². The molecule has 0 aliphatic heterocycles. The Bertz CT molecular complexity index is 126. The van der Waals surface area contributed by atoms with Gasteiger partial charge in [0.15, 0.2) is 0 Å². The molecule has 0 aromatic rings. The molecule has 72 valence electrons. The summed E-state index contributed by atoms with van der Waals surface area (Å²) in [7, 11) is 0. The van der Waals surface area contributed by atoms with Crippen LogP contribution in [0.4, 0.5) is 0 Å². The second-order valence-corrected chi connectivity index (χ2v) is 2.89. The highest BCUT2D eigenvalue weighted by Crippen LogP contribution is 1.94. The quantitative estimate of drug-likeness (QED) is 0.658. The number of nitrogens with one attached hydrogen (secondary N) is 1. The van der Waals surface area contributed by atoms with Crippen LogP contribution in [0.3, 0.4) is 0 Å². The molecular formula is C9H19NO2. The molecule has 0 aliphatic rings. The first-order valence-electron chi connectivity index (χ1n) is 4.57. The maximum absolute atomic E-state index is 11.1. The fourth-order valence-electron chi connectivity index (χ4n) is 1.02. The van der Waals surface area contributed by atoms with Crippen LogP contribution in [0.1, 0.15) is 33.6 Å². The van der Waals surface area contributed by atoms with Gasteiger partial charge in [-0.15, -0.1) is 0 Å². The van der Waals surface area contributed by atoms with E-state index < -0.39 is 0 Å². The fourth-order valence-corrected chi connectivity index (χ4v) is 1.02. The van der Waals surface area contributed by atoms with Crippen LogP contribution < -0.4 is 5.32 Å². The van der Waals surface area contributed by atoms with Crippen molar-refractivity contribution in [1.82, 2.24) is 5.32 Å². The van der Waals surface area contributed by atoms with Crippen molar-refractivity contribution in [3.05, 3.63) is 0 Å². The molecule has 0 saturated heterocycles. The van der Waals surface area contributed by atoms with E-state index in [1.54, 1.807) is 0 Å². The van der Waals surface area contributed by atoms with Crippen LogP contribution in [0.25, 0.3) is 0 Å². The van der Waals surface area contributed by atoms with Crippen molar-refractivity contribution in [2.45, 2.75) is 39.7 Å². The molecule has 1 amide bonds. The summed E-state index contributed by atoms with van der Waals surface area (Å²) in [6, 6.07) is 0.267. The Balaban J connectivity index is 3.40. The van der Waals surface area contributed by atoms with Crippen LogP contribution in [-0.4, -0.2) is 25.2 Å². The van der Waals surface area contributed by atoms with Gasteiger partial charge >= 0.3 is 0 Å².